The van der Waals surface area contributed by atoms with Gasteiger partial charge >= 0.3 is 0 Å². The Morgan fingerprint density at radius 1 is 1.21 bits per heavy atom. The SMILES string of the molecule is C=C(C)/C(NS(=O)(=O)c1ccc(CCCCC)cc1)=C(/C)N(C)N. The molecule has 3 N–H and O–H groups in total. The van der Waals surface area contributed by atoms with Gasteiger partial charge in [-0.2, -0.15) is 0 Å². The van der Waals surface area contributed by atoms with E-state index < -0.39 is 10.0 Å². The lowest BCUT2D eigenvalue weighted by Crippen LogP contribution is -2.31. The van der Waals surface area contributed by atoms with Crippen LogP contribution in [0.3, 0.4) is 0 Å². The summed E-state index contributed by atoms with van der Waals surface area (Å²) in [4.78, 5) is 0.230. The second-order valence-electron chi connectivity index (χ2n) is 6.06. The summed E-state index contributed by atoms with van der Waals surface area (Å²) in [6.07, 6.45) is 4.43. The molecule has 0 aromatic heterocycles. The number of hydrogen-bond acceptors (Lipinski definition) is 4. The standard InChI is InChI=1S/C18H29N3O2S/c1-6-7-8-9-16-10-12-17(13-11-16)24(22,23)20-18(14(2)3)15(4)21(5)19/h10-13,20H,2,6-9,19H2,1,3-5H3/b18-15+. The van der Waals surface area contributed by atoms with Gasteiger partial charge in [-0.25, -0.2) is 14.3 Å². The highest BCUT2D eigenvalue weighted by molar-refractivity contribution is 7.89. The first-order valence-electron chi connectivity index (χ1n) is 8.16. The number of hydrazine groups is 1. The molecule has 0 heterocycles. The van der Waals surface area contributed by atoms with Gasteiger partial charge in [0.05, 0.1) is 16.3 Å². The molecule has 0 atom stereocenters. The van der Waals surface area contributed by atoms with Gasteiger partial charge in [-0.15, -0.1) is 0 Å². The summed E-state index contributed by atoms with van der Waals surface area (Å²) >= 11 is 0. The van der Waals surface area contributed by atoms with Crippen LogP contribution in [-0.2, 0) is 16.4 Å². The van der Waals surface area contributed by atoms with E-state index in [4.69, 9.17) is 5.84 Å². The summed E-state index contributed by atoms with van der Waals surface area (Å²) < 4.78 is 27.8. The fourth-order valence-electron chi connectivity index (χ4n) is 2.25. The van der Waals surface area contributed by atoms with E-state index in [1.807, 2.05) is 12.1 Å². The Morgan fingerprint density at radius 3 is 2.25 bits per heavy atom. The summed E-state index contributed by atoms with van der Waals surface area (Å²) in [7, 11) is -2.03. The van der Waals surface area contributed by atoms with E-state index in [-0.39, 0.29) is 4.90 Å². The van der Waals surface area contributed by atoms with Gasteiger partial charge in [0.25, 0.3) is 10.0 Å². The van der Waals surface area contributed by atoms with E-state index in [2.05, 4.69) is 18.2 Å². The molecule has 0 bridgehead atoms. The molecule has 134 valence electrons. The van der Waals surface area contributed by atoms with E-state index in [9.17, 15) is 8.42 Å². The van der Waals surface area contributed by atoms with Crippen LogP contribution in [0.25, 0.3) is 0 Å². The highest BCUT2D eigenvalue weighted by Crippen LogP contribution is 2.17. The van der Waals surface area contributed by atoms with Gasteiger partial charge in [0, 0.05) is 7.05 Å². The van der Waals surface area contributed by atoms with Crippen LogP contribution in [0.1, 0.15) is 45.6 Å². The molecule has 0 aliphatic rings. The van der Waals surface area contributed by atoms with Crippen molar-refractivity contribution in [3.05, 3.63) is 53.4 Å². The lowest BCUT2D eigenvalue weighted by Gasteiger charge is -2.20. The lowest BCUT2D eigenvalue weighted by molar-refractivity contribution is 0.435. The van der Waals surface area contributed by atoms with Gasteiger partial charge in [-0.1, -0.05) is 38.5 Å². The van der Waals surface area contributed by atoms with E-state index in [0.717, 1.165) is 18.4 Å². The molecular weight excluding hydrogens is 322 g/mol. The number of unbranched alkanes of at least 4 members (excludes halogenated alkanes) is 2. The second-order valence-corrected chi connectivity index (χ2v) is 7.74. The number of benzene rings is 1. The molecule has 24 heavy (non-hydrogen) atoms. The maximum absolute atomic E-state index is 12.6. The highest BCUT2D eigenvalue weighted by Gasteiger charge is 2.18. The van der Waals surface area contributed by atoms with Crippen molar-refractivity contribution in [1.29, 1.82) is 0 Å². The van der Waals surface area contributed by atoms with Crippen molar-refractivity contribution in [1.82, 2.24) is 9.73 Å². The van der Waals surface area contributed by atoms with Crippen LogP contribution in [0.4, 0.5) is 0 Å². The maximum atomic E-state index is 12.6. The van der Waals surface area contributed by atoms with E-state index in [1.54, 1.807) is 33.0 Å². The summed E-state index contributed by atoms with van der Waals surface area (Å²) in [6.45, 7) is 9.46. The fraction of sp³-hybridized carbons (Fsp3) is 0.444. The topological polar surface area (TPSA) is 75.4 Å². The third kappa shape index (κ3) is 5.69. The van der Waals surface area contributed by atoms with Crippen molar-refractivity contribution in [2.45, 2.75) is 51.3 Å². The Hall–Kier alpha value is -1.79. The zero-order valence-electron chi connectivity index (χ0n) is 15.1. The van der Waals surface area contributed by atoms with Crippen LogP contribution in [0, 0.1) is 0 Å². The summed E-state index contributed by atoms with van der Waals surface area (Å²) in [5, 5.41) is 1.36. The van der Waals surface area contributed by atoms with Crippen molar-refractivity contribution in [3.63, 3.8) is 0 Å². The van der Waals surface area contributed by atoms with Crippen LogP contribution in [-0.4, -0.2) is 20.5 Å². The molecule has 5 nitrogen and oxygen atoms in total. The van der Waals surface area contributed by atoms with Crippen LogP contribution in [0.2, 0.25) is 0 Å². The first kappa shape index (κ1) is 20.3. The highest BCUT2D eigenvalue weighted by atomic mass is 32.2. The second kappa shape index (κ2) is 8.89. The number of allylic oxidation sites excluding steroid dienone is 2. The summed E-state index contributed by atoms with van der Waals surface area (Å²) in [6, 6.07) is 7.02. The van der Waals surface area contributed by atoms with Crippen LogP contribution < -0.4 is 10.6 Å². The summed E-state index contributed by atoms with van der Waals surface area (Å²) in [5.41, 5.74) is 2.76. The molecule has 6 heteroatoms. The molecule has 1 rings (SSSR count). The minimum absolute atomic E-state index is 0.230. The minimum atomic E-state index is -3.68. The maximum Gasteiger partial charge on any atom is 0.261 e. The average molecular weight is 352 g/mol. The molecule has 0 saturated heterocycles. The van der Waals surface area contributed by atoms with Gasteiger partial charge in [-0.3, -0.25) is 4.72 Å². The monoisotopic (exact) mass is 351 g/mol. The Morgan fingerprint density at radius 2 is 1.79 bits per heavy atom. The summed E-state index contributed by atoms with van der Waals surface area (Å²) in [5.74, 6) is 5.71. The Kier molecular flexibility index (Phi) is 7.51. The normalized spacial score (nSPS) is 12.5. The molecule has 0 aliphatic heterocycles. The predicted octanol–water partition coefficient (Wildman–Crippen LogP) is 3.31. The van der Waals surface area contributed by atoms with Crippen molar-refractivity contribution in [2.24, 2.45) is 5.84 Å². The van der Waals surface area contributed by atoms with Crippen LogP contribution in [0.5, 0.6) is 0 Å². The van der Waals surface area contributed by atoms with Gasteiger partial charge in [-0.05, 0) is 50.0 Å². The van der Waals surface area contributed by atoms with Crippen LogP contribution >= 0.6 is 0 Å². The fourth-order valence-corrected chi connectivity index (χ4v) is 3.46. The zero-order chi connectivity index (χ0) is 18.3. The van der Waals surface area contributed by atoms with E-state index in [0.29, 0.717) is 17.0 Å². The Balaban J connectivity index is 2.99. The number of nitrogens with zero attached hydrogens (tertiary/aromatic N) is 1. The predicted molar refractivity (Wildman–Crippen MR) is 99.5 cm³/mol. The van der Waals surface area contributed by atoms with Crippen molar-refractivity contribution < 1.29 is 8.42 Å². The third-order valence-corrected chi connectivity index (χ3v) is 5.22. The van der Waals surface area contributed by atoms with Crippen LogP contribution in [0.15, 0.2) is 52.7 Å². The number of sulfonamides is 1. The molecule has 1 aromatic carbocycles. The first-order valence-corrected chi connectivity index (χ1v) is 9.64. The molecule has 0 fully saturated rings. The third-order valence-electron chi connectivity index (χ3n) is 3.86. The van der Waals surface area contributed by atoms with Gasteiger partial charge < -0.3 is 5.01 Å². The van der Waals surface area contributed by atoms with Crippen molar-refractivity contribution in [3.8, 4) is 0 Å². The molecule has 0 aliphatic carbocycles. The molecule has 0 amide bonds. The number of hydrogen-bond donors (Lipinski definition) is 2. The molecule has 0 radical (unpaired) electrons. The molecule has 1 aromatic rings. The number of nitrogens with one attached hydrogen (secondary N) is 1. The van der Waals surface area contributed by atoms with E-state index in [1.165, 1.54) is 17.9 Å². The zero-order valence-corrected chi connectivity index (χ0v) is 15.9. The number of aryl methyl sites for hydroxylation is 1. The lowest BCUT2D eigenvalue weighted by atomic mass is 10.1. The first-order chi connectivity index (χ1) is 11.2. The quantitative estimate of drug-likeness (QED) is 0.310. The smallest absolute Gasteiger partial charge is 0.261 e. The van der Waals surface area contributed by atoms with Gasteiger partial charge in [0.1, 0.15) is 0 Å². The Bertz CT molecular complexity index is 689. The number of nitrogens with two attached hydrogens (primary N) is 1. The minimum Gasteiger partial charge on any atom is -0.316 e. The largest absolute Gasteiger partial charge is 0.316 e. The average Bonchev–Trinajstić information content (AvgIpc) is 2.52. The molecule has 0 spiro atoms. The molecule has 0 unspecified atom stereocenters. The molecule has 0 saturated carbocycles. The van der Waals surface area contributed by atoms with Crippen molar-refractivity contribution >= 4 is 10.0 Å². The Labute approximate surface area is 146 Å². The van der Waals surface area contributed by atoms with Gasteiger partial charge in [0.15, 0.2) is 0 Å². The molecular formula is C18H29N3O2S. The number of rotatable bonds is 9. The van der Waals surface area contributed by atoms with Crippen molar-refractivity contribution in [2.75, 3.05) is 7.05 Å². The van der Waals surface area contributed by atoms with Gasteiger partial charge in [0.2, 0.25) is 0 Å². The van der Waals surface area contributed by atoms with E-state index >= 15 is 0 Å².